The summed E-state index contributed by atoms with van der Waals surface area (Å²) in [5, 5.41) is 2.31. The van der Waals surface area contributed by atoms with Crippen LogP contribution in [0.5, 0.6) is 0 Å². The van der Waals surface area contributed by atoms with E-state index in [9.17, 15) is 19.2 Å². The Labute approximate surface area is 241 Å². The number of imide groups is 1. The van der Waals surface area contributed by atoms with Crippen LogP contribution in [0.1, 0.15) is 65.9 Å². The largest absolute Gasteiger partial charge is 0.444 e. The molecule has 11 heteroatoms. The maximum Gasteiger partial charge on any atom is 0.410 e. The Balaban J connectivity index is 1.20. The quantitative estimate of drug-likeness (QED) is 0.555. The summed E-state index contributed by atoms with van der Waals surface area (Å²) in [5.41, 5.74) is 0.162. The number of anilines is 2. The van der Waals surface area contributed by atoms with Gasteiger partial charge in [-0.1, -0.05) is 0 Å². The zero-order chi connectivity index (χ0) is 29.7. The lowest BCUT2D eigenvalue weighted by Crippen LogP contribution is -2.55. The maximum atomic E-state index is 15.6. The van der Waals surface area contributed by atoms with Gasteiger partial charge in [-0.3, -0.25) is 29.5 Å². The van der Waals surface area contributed by atoms with Crippen LogP contribution in [0.15, 0.2) is 12.1 Å². The molecule has 4 heterocycles. The van der Waals surface area contributed by atoms with Crippen molar-refractivity contribution in [2.75, 3.05) is 55.6 Å². The van der Waals surface area contributed by atoms with E-state index in [1.165, 1.54) is 11.0 Å². The van der Waals surface area contributed by atoms with Gasteiger partial charge in [0.15, 0.2) is 0 Å². The molecule has 5 rings (SSSR count). The number of fused-ring (bicyclic) bond motifs is 1. The Morgan fingerprint density at radius 3 is 2.27 bits per heavy atom. The van der Waals surface area contributed by atoms with Crippen molar-refractivity contribution in [1.29, 1.82) is 0 Å². The minimum absolute atomic E-state index is 0.143. The summed E-state index contributed by atoms with van der Waals surface area (Å²) >= 11 is 0. The molecular weight excluding hydrogens is 529 g/mol. The van der Waals surface area contributed by atoms with Crippen molar-refractivity contribution in [2.45, 2.75) is 77.4 Å². The lowest BCUT2D eigenvalue weighted by molar-refractivity contribution is -0.136. The Morgan fingerprint density at radius 2 is 1.66 bits per heavy atom. The topological polar surface area (TPSA) is 102 Å². The zero-order valence-electron chi connectivity index (χ0n) is 24.8. The number of nitrogens with zero attached hydrogens (tertiary/aromatic N) is 4. The van der Waals surface area contributed by atoms with E-state index in [1.807, 2.05) is 25.7 Å². The molecule has 1 aromatic rings. The summed E-state index contributed by atoms with van der Waals surface area (Å²) < 4.78 is 21.1. The highest BCUT2D eigenvalue weighted by Crippen LogP contribution is 2.46. The summed E-state index contributed by atoms with van der Waals surface area (Å²) in [6.07, 6.45) is 1.99. The van der Waals surface area contributed by atoms with Crippen LogP contribution in [0.2, 0.25) is 0 Å². The molecule has 4 aliphatic rings. The number of halogens is 1. The number of benzene rings is 1. The number of ether oxygens (including phenoxy) is 1. The van der Waals surface area contributed by atoms with Crippen molar-refractivity contribution >= 4 is 35.2 Å². The maximum absolute atomic E-state index is 15.6. The third kappa shape index (κ3) is 5.91. The SMILES string of the molecule is CC(C)(C)OC(=O)N1CCC(CN2CCN(c3cc4c(cc3F)N(C3CCC(=O)NC3=O)C(=O)C4(C)C)CC2)CC1. The van der Waals surface area contributed by atoms with Crippen LogP contribution >= 0.6 is 0 Å². The first-order valence-electron chi connectivity index (χ1n) is 14.7. The van der Waals surface area contributed by atoms with Crippen LogP contribution in [0.3, 0.4) is 0 Å². The highest BCUT2D eigenvalue weighted by Gasteiger charge is 2.49. The van der Waals surface area contributed by atoms with E-state index >= 15 is 4.39 Å². The number of rotatable bonds is 4. The molecule has 224 valence electrons. The molecule has 0 aromatic heterocycles. The molecular formula is C30H42FN5O5. The van der Waals surface area contributed by atoms with E-state index in [0.29, 0.717) is 49.0 Å². The summed E-state index contributed by atoms with van der Waals surface area (Å²) in [6, 6.07) is 2.33. The van der Waals surface area contributed by atoms with E-state index < -0.39 is 28.8 Å². The summed E-state index contributed by atoms with van der Waals surface area (Å²) in [5.74, 6) is -1.06. The molecule has 41 heavy (non-hydrogen) atoms. The molecule has 0 bridgehead atoms. The molecule has 4 amide bonds. The number of carbonyl (C=O) groups is 4. The highest BCUT2D eigenvalue weighted by atomic mass is 19.1. The average Bonchev–Trinajstić information content (AvgIpc) is 3.08. The van der Waals surface area contributed by atoms with Crippen LogP contribution in [0.4, 0.5) is 20.6 Å². The van der Waals surface area contributed by atoms with Crippen LogP contribution in [-0.4, -0.2) is 91.1 Å². The minimum atomic E-state index is -0.921. The first-order chi connectivity index (χ1) is 19.2. The molecule has 10 nitrogen and oxygen atoms in total. The van der Waals surface area contributed by atoms with Crippen molar-refractivity contribution in [3.8, 4) is 0 Å². The van der Waals surface area contributed by atoms with Gasteiger partial charge in [0, 0.05) is 58.3 Å². The molecule has 1 aromatic carbocycles. The first kappa shape index (κ1) is 29.3. The van der Waals surface area contributed by atoms with Crippen LogP contribution < -0.4 is 15.1 Å². The second-order valence-electron chi connectivity index (χ2n) is 13.3. The smallest absolute Gasteiger partial charge is 0.410 e. The molecule has 1 N–H and O–H groups in total. The molecule has 1 unspecified atom stereocenters. The van der Waals surface area contributed by atoms with Crippen LogP contribution in [0, 0.1) is 11.7 Å². The van der Waals surface area contributed by atoms with E-state index in [0.717, 1.165) is 32.5 Å². The number of nitrogens with one attached hydrogen (secondary N) is 1. The molecule has 0 aliphatic carbocycles. The van der Waals surface area contributed by atoms with Crippen LogP contribution in [-0.2, 0) is 24.5 Å². The number of piperidine rings is 2. The van der Waals surface area contributed by atoms with Gasteiger partial charge in [-0.25, -0.2) is 9.18 Å². The van der Waals surface area contributed by atoms with E-state index in [1.54, 1.807) is 24.8 Å². The number of piperazine rings is 1. The van der Waals surface area contributed by atoms with E-state index in [2.05, 4.69) is 10.2 Å². The Hall–Kier alpha value is -3.21. The first-order valence-corrected chi connectivity index (χ1v) is 14.7. The lowest BCUT2D eigenvalue weighted by atomic mass is 9.85. The fourth-order valence-electron chi connectivity index (χ4n) is 6.42. The standard InChI is InChI=1S/C30H42FN5O5/c1-29(2,3)41-28(40)35-10-8-19(9-11-35)18-33-12-14-34(15-13-33)24-16-20-23(17-21(24)31)36(27(39)30(20,4)5)22-6-7-25(37)32-26(22)38/h16-17,19,22H,6-15,18H2,1-5H3,(H,32,37,38). The normalized spacial score (nSPS) is 24.0. The number of hydrogen-bond acceptors (Lipinski definition) is 7. The molecule has 0 spiro atoms. The summed E-state index contributed by atoms with van der Waals surface area (Å²) in [7, 11) is 0. The molecule has 3 fully saturated rings. The third-order valence-corrected chi connectivity index (χ3v) is 8.77. The molecule has 1 atom stereocenters. The van der Waals surface area contributed by atoms with Crippen molar-refractivity contribution in [1.82, 2.24) is 15.1 Å². The van der Waals surface area contributed by atoms with Gasteiger partial charge >= 0.3 is 6.09 Å². The van der Waals surface area contributed by atoms with Gasteiger partial charge in [-0.15, -0.1) is 0 Å². The zero-order valence-corrected chi connectivity index (χ0v) is 24.8. The fourth-order valence-corrected chi connectivity index (χ4v) is 6.42. The molecule has 4 aliphatic heterocycles. The van der Waals surface area contributed by atoms with Gasteiger partial charge in [-0.05, 0) is 71.4 Å². The predicted octanol–water partition coefficient (Wildman–Crippen LogP) is 3.02. The van der Waals surface area contributed by atoms with Gasteiger partial charge in [0.1, 0.15) is 17.5 Å². The fraction of sp³-hybridized carbons (Fsp3) is 0.667. The van der Waals surface area contributed by atoms with Gasteiger partial charge < -0.3 is 14.5 Å². The van der Waals surface area contributed by atoms with Gasteiger partial charge in [0.25, 0.3) is 0 Å². The predicted molar refractivity (Wildman–Crippen MR) is 152 cm³/mol. The summed E-state index contributed by atoms with van der Waals surface area (Å²) in [6.45, 7) is 14.5. The van der Waals surface area contributed by atoms with E-state index in [4.69, 9.17) is 4.74 Å². The Kier molecular flexibility index (Phi) is 7.78. The average molecular weight is 572 g/mol. The van der Waals surface area contributed by atoms with E-state index in [-0.39, 0.29) is 30.7 Å². The second-order valence-corrected chi connectivity index (χ2v) is 13.3. The van der Waals surface area contributed by atoms with Gasteiger partial charge in [0.2, 0.25) is 17.7 Å². The van der Waals surface area contributed by atoms with Crippen LogP contribution in [0.25, 0.3) is 0 Å². The number of hydrogen-bond donors (Lipinski definition) is 1. The van der Waals surface area contributed by atoms with Gasteiger partial charge in [-0.2, -0.15) is 0 Å². The Bertz CT molecular complexity index is 1230. The second kappa shape index (κ2) is 10.9. The van der Waals surface area contributed by atoms with Crippen molar-refractivity contribution in [2.24, 2.45) is 5.92 Å². The highest BCUT2D eigenvalue weighted by molar-refractivity contribution is 6.13. The number of likely N-dealkylation sites (tertiary alicyclic amines) is 1. The summed E-state index contributed by atoms with van der Waals surface area (Å²) in [4.78, 5) is 57.7. The van der Waals surface area contributed by atoms with Crippen molar-refractivity contribution in [3.05, 3.63) is 23.5 Å². The van der Waals surface area contributed by atoms with Crippen molar-refractivity contribution < 1.29 is 28.3 Å². The monoisotopic (exact) mass is 571 g/mol. The third-order valence-electron chi connectivity index (χ3n) is 8.77. The Morgan fingerprint density at radius 1 is 1.00 bits per heavy atom. The van der Waals surface area contributed by atoms with Crippen molar-refractivity contribution in [3.63, 3.8) is 0 Å². The molecule has 3 saturated heterocycles. The minimum Gasteiger partial charge on any atom is -0.444 e. The lowest BCUT2D eigenvalue weighted by Gasteiger charge is -2.40. The number of carbonyl (C=O) groups excluding carboxylic acids is 4. The number of amides is 4. The molecule has 0 saturated carbocycles. The molecule has 0 radical (unpaired) electrons. The van der Waals surface area contributed by atoms with Gasteiger partial charge in [0.05, 0.1) is 16.8 Å².